The van der Waals surface area contributed by atoms with Gasteiger partial charge in [0, 0.05) is 19.6 Å². The monoisotopic (exact) mass is 480 g/mol. The van der Waals surface area contributed by atoms with Gasteiger partial charge in [0.05, 0.1) is 31.7 Å². The Balaban J connectivity index is -0.00000113. The first-order valence-corrected chi connectivity index (χ1v) is 11.1. The fourth-order valence-electron chi connectivity index (χ4n) is 1.90. The second kappa shape index (κ2) is 19.5. The molecule has 0 aromatic carbocycles. The molecule has 0 fully saturated rings. The number of nitrogens with zero attached hydrogens (tertiary/aromatic N) is 1. The van der Waals surface area contributed by atoms with Gasteiger partial charge >= 0.3 is 24.6 Å². The van der Waals surface area contributed by atoms with E-state index < -0.39 is 37.5 Å². The van der Waals surface area contributed by atoms with Crippen LogP contribution in [0.25, 0.3) is 0 Å². The maximum atomic E-state index is 12.5. The van der Waals surface area contributed by atoms with E-state index in [9.17, 15) is 25.9 Å². The van der Waals surface area contributed by atoms with Crippen molar-refractivity contribution in [1.29, 1.82) is 0 Å². The molecule has 0 rings (SSSR count). The van der Waals surface area contributed by atoms with Crippen LogP contribution in [0.15, 0.2) is 16.4 Å². The van der Waals surface area contributed by atoms with Crippen LogP contribution in [0, 0.1) is 5.92 Å². The number of ether oxygens (including phenoxy) is 3. The third-order valence-electron chi connectivity index (χ3n) is 3.27. The largest absolute Gasteiger partial charge is 1.00 e. The fraction of sp³-hybridized carbons (Fsp3) is 0.875. The molecule has 30 heavy (non-hydrogen) atoms. The third kappa shape index (κ3) is 15.6. The molecule has 0 aliphatic rings. The fourth-order valence-corrected chi connectivity index (χ4v) is 4.67. The molecular weight excluding hydrogens is 446 g/mol. The van der Waals surface area contributed by atoms with Gasteiger partial charge in [-0.2, -0.15) is 8.78 Å². The van der Waals surface area contributed by atoms with Gasteiger partial charge in [-0.15, -0.1) is 6.58 Å². The minimum Gasteiger partial charge on any atom is -0.385 e. The van der Waals surface area contributed by atoms with E-state index >= 15 is 0 Å². The molecule has 0 saturated carbocycles. The Morgan fingerprint density at radius 3 is 2.20 bits per heavy atom. The van der Waals surface area contributed by atoms with E-state index in [0.29, 0.717) is 13.0 Å². The Kier molecular flexibility index (Phi) is 24.2. The average Bonchev–Trinajstić information content (AvgIpc) is 2.61. The molecule has 0 saturated heterocycles. The molecule has 0 bridgehead atoms. The Bertz CT molecular complexity index is 645. The van der Waals surface area contributed by atoms with Gasteiger partial charge in [0.2, 0.25) is 0 Å². The first-order valence-electron chi connectivity index (χ1n) is 8.01. The molecule has 0 aromatic rings. The summed E-state index contributed by atoms with van der Waals surface area (Å²) in [5.41, 5.74) is 0. The van der Waals surface area contributed by atoms with E-state index in [1.165, 1.54) is 7.11 Å². The SMILES string of the molecule is C.C.C=CCOCC(CC)OCC(CCOC)CS(=O)(=O)N=S(=O)(OF)C(F)F.[Li+]. The number of halogens is 3. The predicted octanol–water partition coefficient (Wildman–Crippen LogP) is 0.750. The van der Waals surface area contributed by atoms with Crippen molar-refractivity contribution in [3.05, 3.63) is 12.7 Å². The quantitative estimate of drug-likeness (QED) is 0.183. The molecule has 3 atom stereocenters. The van der Waals surface area contributed by atoms with Crippen molar-refractivity contribution in [3.8, 4) is 0 Å². The molecule has 0 aliphatic heterocycles. The molecule has 178 valence electrons. The molecule has 3 unspecified atom stereocenters. The van der Waals surface area contributed by atoms with Crippen molar-refractivity contribution in [2.45, 2.75) is 46.5 Å². The van der Waals surface area contributed by atoms with E-state index in [2.05, 4.69) is 14.7 Å². The van der Waals surface area contributed by atoms with Crippen molar-refractivity contribution >= 4 is 20.0 Å². The van der Waals surface area contributed by atoms with Crippen molar-refractivity contribution < 1.29 is 63.4 Å². The number of rotatable bonds is 16. The zero-order valence-electron chi connectivity index (χ0n) is 16.2. The summed E-state index contributed by atoms with van der Waals surface area (Å²) in [6, 6.07) is 0. The van der Waals surface area contributed by atoms with Crippen LogP contribution in [-0.4, -0.2) is 63.8 Å². The smallest absolute Gasteiger partial charge is 0.385 e. The van der Waals surface area contributed by atoms with Crippen LogP contribution in [0.5, 0.6) is 0 Å². The zero-order chi connectivity index (χ0) is 20.9. The van der Waals surface area contributed by atoms with Crippen LogP contribution in [0.1, 0.15) is 34.6 Å². The minimum absolute atomic E-state index is 0. The summed E-state index contributed by atoms with van der Waals surface area (Å²) in [6.45, 7) is 6.03. The van der Waals surface area contributed by atoms with Gasteiger partial charge in [0.1, 0.15) is 0 Å². The molecule has 0 N–H and O–H groups in total. The minimum atomic E-state index is -5.28. The van der Waals surface area contributed by atoms with Crippen molar-refractivity contribution in [3.63, 3.8) is 0 Å². The van der Waals surface area contributed by atoms with Crippen LogP contribution in [0.3, 0.4) is 0 Å². The molecule has 0 heterocycles. The molecule has 8 nitrogen and oxygen atoms in total. The summed E-state index contributed by atoms with van der Waals surface area (Å²) >= 11 is 0. The van der Waals surface area contributed by atoms with Gasteiger partial charge < -0.3 is 14.2 Å². The summed E-state index contributed by atoms with van der Waals surface area (Å²) in [5.74, 6) is -5.42. The predicted molar refractivity (Wildman–Crippen MR) is 107 cm³/mol. The molecule has 14 heteroatoms. The average molecular weight is 481 g/mol. The second-order valence-corrected chi connectivity index (χ2v) is 9.10. The first-order chi connectivity index (χ1) is 12.6. The van der Waals surface area contributed by atoms with Crippen LogP contribution in [0.4, 0.5) is 13.3 Å². The summed E-state index contributed by atoms with van der Waals surface area (Å²) < 4.78 is 93.3. The normalized spacial score (nSPS) is 15.0. The second-order valence-electron chi connectivity index (χ2n) is 5.50. The molecule has 0 radical (unpaired) electrons. The van der Waals surface area contributed by atoms with E-state index in [4.69, 9.17) is 14.2 Å². The summed E-state index contributed by atoms with van der Waals surface area (Å²) in [4.78, 5) is 0. The van der Waals surface area contributed by atoms with Crippen molar-refractivity contribution in [2.75, 3.05) is 39.3 Å². The molecule has 0 aromatic heterocycles. The van der Waals surface area contributed by atoms with E-state index in [-0.39, 0.29) is 66.1 Å². The van der Waals surface area contributed by atoms with Gasteiger partial charge in [-0.3, -0.25) is 0 Å². The Labute approximate surface area is 191 Å². The van der Waals surface area contributed by atoms with Gasteiger partial charge in [-0.05, 0) is 17.4 Å². The van der Waals surface area contributed by atoms with Crippen LogP contribution in [0.2, 0.25) is 0 Å². The Morgan fingerprint density at radius 1 is 1.17 bits per heavy atom. The molecular formula is C16H34F3LiNO7S2+. The maximum Gasteiger partial charge on any atom is 1.00 e. The van der Waals surface area contributed by atoms with Gasteiger partial charge in [-0.1, -0.05) is 36.0 Å². The number of sulfonamides is 1. The van der Waals surface area contributed by atoms with Crippen molar-refractivity contribution in [2.24, 2.45) is 9.69 Å². The van der Waals surface area contributed by atoms with E-state index in [1.54, 1.807) is 6.08 Å². The van der Waals surface area contributed by atoms with Crippen molar-refractivity contribution in [1.82, 2.24) is 0 Å². The van der Waals surface area contributed by atoms with Crippen LogP contribution in [-0.2, 0) is 38.6 Å². The number of methoxy groups -OCH3 is 1. The summed E-state index contributed by atoms with van der Waals surface area (Å²) in [6.07, 6.45) is 2.02. The van der Waals surface area contributed by atoms with Gasteiger partial charge in [0.15, 0.2) is 0 Å². The summed E-state index contributed by atoms with van der Waals surface area (Å²) in [7, 11) is -8.56. The third-order valence-corrected chi connectivity index (χ3v) is 6.53. The number of alkyl halides is 2. The Hall–Kier alpha value is -0.133. The molecule has 0 spiro atoms. The van der Waals surface area contributed by atoms with E-state index in [1.807, 2.05) is 6.92 Å². The maximum absolute atomic E-state index is 12.5. The van der Waals surface area contributed by atoms with Gasteiger partial charge in [0.25, 0.3) is 20.0 Å². The van der Waals surface area contributed by atoms with Crippen LogP contribution < -0.4 is 18.9 Å². The molecule has 0 amide bonds. The first kappa shape index (κ1) is 37.2. The summed E-state index contributed by atoms with van der Waals surface area (Å²) in [5, 5.41) is 0. The van der Waals surface area contributed by atoms with Crippen LogP contribution >= 0.6 is 0 Å². The van der Waals surface area contributed by atoms with Gasteiger partial charge in [-0.25, -0.2) is 12.6 Å². The molecule has 0 aliphatic carbocycles. The zero-order valence-corrected chi connectivity index (χ0v) is 17.9. The van der Waals surface area contributed by atoms with E-state index in [0.717, 1.165) is 0 Å². The standard InChI is InChI=1S/C14H26F3NO7S2.2CH4.Li/c1-4-7-23-10-13(5-2)24-9-12(6-8-22-3)11-26(19,20)18-27(21,25-17)14(15)16;;;/h4,12-14H,1,5-11H2,2-3H3;2*1H4;/q;;;+1. The number of hydrogen-bond donors (Lipinski definition) is 0. The Morgan fingerprint density at radius 2 is 1.77 bits per heavy atom. The number of hydrogen-bond acceptors (Lipinski definition) is 7. The topological polar surface area (TPSA) is 100 Å².